The lowest BCUT2D eigenvalue weighted by Crippen LogP contribution is -2.54. The highest BCUT2D eigenvalue weighted by Gasteiger charge is 2.30. The first-order valence-corrected chi connectivity index (χ1v) is 7.71. The molecule has 1 aromatic carbocycles. The van der Waals surface area contributed by atoms with Crippen LogP contribution in [0.5, 0.6) is 0 Å². The summed E-state index contributed by atoms with van der Waals surface area (Å²) >= 11 is 0. The van der Waals surface area contributed by atoms with Crippen LogP contribution in [0.15, 0.2) is 30.3 Å². The Kier molecular flexibility index (Phi) is 5.58. The maximum absolute atomic E-state index is 9.65. The number of benzene rings is 1. The van der Waals surface area contributed by atoms with E-state index in [9.17, 15) is 5.11 Å². The van der Waals surface area contributed by atoms with Gasteiger partial charge in [-0.25, -0.2) is 0 Å². The van der Waals surface area contributed by atoms with Gasteiger partial charge in [0, 0.05) is 24.7 Å². The zero-order chi connectivity index (χ0) is 14.5. The second kappa shape index (κ2) is 7.21. The third kappa shape index (κ3) is 4.05. The molecule has 3 unspecified atom stereocenters. The van der Waals surface area contributed by atoms with Gasteiger partial charge in [0.25, 0.3) is 0 Å². The Hall–Kier alpha value is -0.900. The number of nitrogens with one attached hydrogen (secondary N) is 1. The fourth-order valence-corrected chi connectivity index (χ4v) is 3.15. The van der Waals surface area contributed by atoms with E-state index in [-0.39, 0.29) is 12.6 Å². The van der Waals surface area contributed by atoms with Gasteiger partial charge in [-0.3, -0.25) is 0 Å². The van der Waals surface area contributed by atoms with Crippen LogP contribution in [-0.4, -0.2) is 48.3 Å². The second-order valence-corrected chi connectivity index (χ2v) is 6.34. The summed E-state index contributed by atoms with van der Waals surface area (Å²) in [5.74, 6) is 0.626. The zero-order valence-electron chi connectivity index (χ0n) is 12.9. The minimum absolute atomic E-state index is 0.153. The molecular formula is C17H28N2O. The van der Waals surface area contributed by atoms with Crippen LogP contribution in [0.25, 0.3) is 0 Å². The molecule has 1 aliphatic rings. The van der Waals surface area contributed by atoms with Gasteiger partial charge in [0.05, 0.1) is 6.61 Å². The summed E-state index contributed by atoms with van der Waals surface area (Å²) in [6.07, 6.45) is 2.05. The van der Waals surface area contributed by atoms with E-state index in [2.05, 4.69) is 55.4 Å². The predicted octanol–water partition coefficient (Wildman–Crippen LogP) is 1.91. The van der Waals surface area contributed by atoms with Crippen molar-refractivity contribution in [3.8, 4) is 0 Å². The Balaban J connectivity index is 1.92. The standard InChI is InChI=1S/C17H28N2O/c1-13-11-19(3)14(2)9-17(13)18-16(12-20)10-15-7-5-4-6-8-15/h4-8,13-14,16-18,20H,9-12H2,1-3H3/t13?,14?,16-,17?/m1/s1. The molecule has 4 atom stereocenters. The third-order valence-electron chi connectivity index (χ3n) is 4.61. The molecule has 1 aliphatic heterocycles. The number of aliphatic hydroxyl groups is 1. The van der Waals surface area contributed by atoms with E-state index in [1.165, 1.54) is 5.56 Å². The molecule has 0 saturated carbocycles. The van der Waals surface area contributed by atoms with Crippen LogP contribution in [0.2, 0.25) is 0 Å². The molecule has 1 saturated heterocycles. The maximum Gasteiger partial charge on any atom is 0.0587 e. The number of nitrogens with zero attached hydrogens (tertiary/aromatic N) is 1. The lowest BCUT2D eigenvalue weighted by atomic mass is 9.89. The maximum atomic E-state index is 9.65. The summed E-state index contributed by atoms with van der Waals surface area (Å²) in [6.45, 7) is 5.91. The zero-order valence-corrected chi connectivity index (χ0v) is 12.9. The van der Waals surface area contributed by atoms with Gasteiger partial charge in [0.15, 0.2) is 0 Å². The summed E-state index contributed by atoms with van der Waals surface area (Å²) in [4.78, 5) is 2.42. The Morgan fingerprint density at radius 1 is 1.30 bits per heavy atom. The number of rotatable bonds is 5. The quantitative estimate of drug-likeness (QED) is 0.862. The summed E-state index contributed by atoms with van der Waals surface area (Å²) in [5.41, 5.74) is 1.28. The van der Waals surface area contributed by atoms with E-state index in [0.717, 1.165) is 19.4 Å². The van der Waals surface area contributed by atoms with Crippen molar-refractivity contribution in [2.75, 3.05) is 20.2 Å². The van der Waals surface area contributed by atoms with Crippen LogP contribution in [0.1, 0.15) is 25.8 Å². The van der Waals surface area contributed by atoms with E-state index in [0.29, 0.717) is 18.0 Å². The van der Waals surface area contributed by atoms with Crippen LogP contribution in [0.3, 0.4) is 0 Å². The highest BCUT2D eigenvalue weighted by atomic mass is 16.3. The van der Waals surface area contributed by atoms with Gasteiger partial charge in [0.2, 0.25) is 0 Å². The minimum Gasteiger partial charge on any atom is -0.395 e. The van der Waals surface area contributed by atoms with Gasteiger partial charge < -0.3 is 15.3 Å². The van der Waals surface area contributed by atoms with Gasteiger partial charge in [-0.15, -0.1) is 0 Å². The number of piperidine rings is 1. The average molecular weight is 276 g/mol. The molecule has 0 radical (unpaired) electrons. The number of aliphatic hydroxyl groups excluding tert-OH is 1. The largest absolute Gasteiger partial charge is 0.395 e. The predicted molar refractivity (Wildman–Crippen MR) is 83.8 cm³/mol. The highest BCUT2D eigenvalue weighted by Crippen LogP contribution is 2.21. The van der Waals surface area contributed by atoms with Crippen molar-refractivity contribution in [2.24, 2.45) is 5.92 Å². The molecule has 1 fully saturated rings. The normalized spacial score (nSPS) is 29.3. The third-order valence-corrected chi connectivity index (χ3v) is 4.61. The van der Waals surface area contributed by atoms with Crippen LogP contribution in [0, 0.1) is 5.92 Å². The Morgan fingerprint density at radius 2 is 2.00 bits per heavy atom. The number of likely N-dealkylation sites (tertiary alicyclic amines) is 1. The molecule has 3 nitrogen and oxygen atoms in total. The molecule has 2 rings (SSSR count). The topological polar surface area (TPSA) is 35.5 Å². The second-order valence-electron chi connectivity index (χ2n) is 6.34. The first-order valence-electron chi connectivity index (χ1n) is 7.71. The lowest BCUT2D eigenvalue weighted by Gasteiger charge is -2.41. The van der Waals surface area contributed by atoms with E-state index >= 15 is 0 Å². The van der Waals surface area contributed by atoms with E-state index < -0.39 is 0 Å². The molecule has 112 valence electrons. The van der Waals surface area contributed by atoms with E-state index in [1.54, 1.807) is 0 Å². The fourth-order valence-electron chi connectivity index (χ4n) is 3.15. The molecule has 2 N–H and O–H groups in total. The van der Waals surface area contributed by atoms with Gasteiger partial charge in [-0.05, 0) is 38.3 Å². The number of hydrogen-bond acceptors (Lipinski definition) is 3. The van der Waals surface area contributed by atoms with Crippen molar-refractivity contribution in [1.29, 1.82) is 0 Å². The fraction of sp³-hybridized carbons (Fsp3) is 0.647. The van der Waals surface area contributed by atoms with Gasteiger partial charge in [-0.2, -0.15) is 0 Å². The van der Waals surface area contributed by atoms with Crippen molar-refractivity contribution >= 4 is 0 Å². The molecule has 0 spiro atoms. The Bertz CT molecular complexity index is 395. The number of hydrogen-bond donors (Lipinski definition) is 2. The van der Waals surface area contributed by atoms with Crippen LogP contribution >= 0.6 is 0 Å². The van der Waals surface area contributed by atoms with Crippen molar-refractivity contribution in [3.63, 3.8) is 0 Å². The molecule has 0 aromatic heterocycles. The monoisotopic (exact) mass is 276 g/mol. The smallest absolute Gasteiger partial charge is 0.0587 e. The van der Waals surface area contributed by atoms with E-state index in [4.69, 9.17) is 0 Å². The van der Waals surface area contributed by atoms with Crippen molar-refractivity contribution in [1.82, 2.24) is 10.2 Å². The molecule has 20 heavy (non-hydrogen) atoms. The van der Waals surface area contributed by atoms with Crippen LogP contribution in [0.4, 0.5) is 0 Å². The van der Waals surface area contributed by atoms with Gasteiger partial charge >= 0.3 is 0 Å². The molecule has 1 heterocycles. The summed E-state index contributed by atoms with van der Waals surface area (Å²) < 4.78 is 0. The van der Waals surface area contributed by atoms with Gasteiger partial charge in [-0.1, -0.05) is 37.3 Å². The average Bonchev–Trinajstić information content (AvgIpc) is 2.45. The summed E-state index contributed by atoms with van der Waals surface area (Å²) in [6, 6.07) is 11.7. The lowest BCUT2D eigenvalue weighted by molar-refractivity contribution is 0.107. The summed E-state index contributed by atoms with van der Waals surface area (Å²) in [7, 11) is 2.20. The molecule has 0 bridgehead atoms. The van der Waals surface area contributed by atoms with Crippen LogP contribution in [-0.2, 0) is 6.42 Å². The Labute approximate surface area is 123 Å². The molecule has 1 aromatic rings. The Morgan fingerprint density at radius 3 is 2.65 bits per heavy atom. The first-order chi connectivity index (χ1) is 9.60. The van der Waals surface area contributed by atoms with E-state index in [1.807, 2.05) is 6.07 Å². The highest BCUT2D eigenvalue weighted by molar-refractivity contribution is 5.16. The molecule has 0 amide bonds. The van der Waals surface area contributed by atoms with Crippen LogP contribution < -0.4 is 5.32 Å². The summed E-state index contributed by atoms with van der Waals surface area (Å²) in [5, 5.41) is 13.3. The first kappa shape index (κ1) is 15.5. The molecular weight excluding hydrogens is 248 g/mol. The molecule has 0 aliphatic carbocycles. The van der Waals surface area contributed by atoms with Crippen molar-refractivity contribution in [2.45, 2.75) is 44.8 Å². The SMILES string of the molecule is CC1CN(C)C(C)CC1N[C@@H](CO)Cc1ccccc1. The van der Waals surface area contributed by atoms with Gasteiger partial charge in [0.1, 0.15) is 0 Å². The van der Waals surface area contributed by atoms with Crippen molar-refractivity contribution in [3.05, 3.63) is 35.9 Å². The minimum atomic E-state index is 0.153. The molecule has 3 heteroatoms. The van der Waals surface area contributed by atoms with Crippen molar-refractivity contribution < 1.29 is 5.11 Å².